The third kappa shape index (κ3) is 2.17. The molecule has 0 N–H and O–H groups in total. The van der Waals surface area contributed by atoms with Gasteiger partial charge in [-0.1, -0.05) is 54.6 Å². The molecule has 2 nitrogen and oxygen atoms in total. The molecule has 0 unspecified atom stereocenters. The van der Waals surface area contributed by atoms with Crippen molar-refractivity contribution in [2.45, 2.75) is 0 Å². The van der Waals surface area contributed by atoms with Crippen molar-refractivity contribution in [2.75, 3.05) is 0 Å². The van der Waals surface area contributed by atoms with Crippen molar-refractivity contribution >= 4 is 32.3 Å². The molecule has 0 aliphatic carbocycles. The van der Waals surface area contributed by atoms with E-state index in [-0.39, 0.29) is 0 Å². The quantitative estimate of drug-likeness (QED) is 0.331. The van der Waals surface area contributed by atoms with E-state index in [9.17, 15) is 0 Å². The summed E-state index contributed by atoms with van der Waals surface area (Å²) in [5.41, 5.74) is 3.59. The summed E-state index contributed by atoms with van der Waals surface area (Å²) in [5, 5.41) is 7.95. The van der Waals surface area contributed by atoms with Crippen LogP contribution in [-0.4, -0.2) is 9.55 Å². The average molecular weight is 344 g/mol. The van der Waals surface area contributed by atoms with Crippen LogP contribution < -0.4 is 0 Å². The molecule has 0 saturated carbocycles. The topological polar surface area (TPSA) is 17.8 Å². The van der Waals surface area contributed by atoms with E-state index >= 15 is 0 Å². The van der Waals surface area contributed by atoms with E-state index in [1.54, 1.807) is 6.20 Å². The highest BCUT2D eigenvalue weighted by Gasteiger charge is 2.10. The molecule has 1 aromatic heterocycles. The Hall–Kier alpha value is -3.65. The molecule has 0 atom stereocenters. The van der Waals surface area contributed by atoms with Crippen molar-refractivity contribution in [2.24, 2.45) is 0 Å². The van der Waals surface area contributed by atoms with Crippen LogP contribution in [0, 0.1) is 0 Å². The first-order valence-electron chi connectivity index (χ1n) is 9.13. The number of hydrogen-bond acceptors (Lipinski definition) is 1. The lowest BCUT2D eigenvalue weighted by Gasteiger charge is -2.13. The lowest BCUT2D eigenvalue weighted by atomic mass is 9.91. The second-order valence-electron chi connectivity index (χ2n) is 7.02. The number of nitrogens with zero attached hydrogens (tertiary/aromatic N) is 2. The van der Waals surface area contributed by atoms with Gasteiger partial charge in [0.25, 0.3) is 0 Å². The molecule has 0 bridgehead atoms. The van der Waals surface area contributed by atoms with Crippen molar-refractivity contribution in [1.82, 2.24) is 9.55 Å². The zero-order valence-electron chi connectivity index (χ0n) is 14.6. The molecule has 0 amide bonds. The molecular weight excluding hydrogens is 328 g/mol. The first-order valence-corrected chi connectivity index (χ1v) is 9.13. The highest BCUT2D eigenvalue weighted by atomic mass is 15.0. The van der Waals surface area contributed by atoms with Gasteiger partial charge in [-0.05, 0) is 67.7 Å². The predicted molar refractivity (Wildman–Crippen MR) is 113 cm³/mol. The minimum absolute atomic E-state index is 1.12. The zero-order valence-corrected chi connectivity index (χ0v) is 14.6. The molecule has 0 radical (unpaired) electrons. The first kappa shape index (κ1) is 14.5. The Kier molecular flexibility index (Phi) is 2.91. The Morgan fingerprint density at radius 3 is 1.85 bits per heavy atom. The van der Waals surface area contributed by atoms with E-state index in [1.165, 1.54) is 43.4 Å². The maximum absolute atomic E-state index is 4.12. The fraction of sp³-hybridized carbons (Fsp3) is 0. The van der Waals surface area contributed by atoms with Gasteiger partial charge in [-0.25, -0.2) is 4.98 Å². The van der Waals surface area contributed by atoms with Gasteiger partial charge >= 0.3 is 0 Å². The summed E-state index contributed by atoms with van der Waals surface area (Å²) in [6.45, 7) is 0. The average Bonchev–Trinajstić information content (AvgIpc) is 3.27. The van der Waals surface area contributed by atoms with Crippen molar-refractivity contribution in [1.29, 1.82) is 0 Å². The van der Waals surface area contributed by atoms with Gasteiger partial charge in [0, 0.05) is 18.1 Å². The number of imidazole rings is 1. The molecule has 2 heteroatoms. The number of rotatable bonds is 2. The smallest absolute Gasteiger partial charge is 0.0991 e. The van der Waals surface area contributed by atoms with Crippen molar-refractivity contribution in [3.05, 3.63) is 97.6 Å². The van der Waals surface area contributed by atoms with E-state index in [2.05, 4.69) is 83.8 Å². The van der Waals surface area contributed by atoms with Gasteiger partial charge in [-0.2, -0.15) is 0 Å². The van der Waals surface area contributed by atoms with Gasteiger partial charge in [0.1, 0.15) is 0 Å². The Morgan fingerprint density at radius 1 is 0.593 bits per heavy atom. The third-order valence-corrected chi connectivity index (χ3v) is 5.47. The van der Waals surface area contributed by atoms with Crippen LogP contribution in [0.3, 0.4) is 0 Å². The first-order chi connectivity index (χ1) is 13.4. The molecule has 0 aliphatic heterocycles. The van der Waals surface area contributed by atoms with Crippen LogP contribution in [-0.2, 0) is 0 Å². The fourth-order valence-corrected chi connectivity index (χ4v) is 4.16. The highest BCUT2D eigenvalue weighted by molar-refractivity contribution is 6.23. The van der Waals surface area contributed by atoms with Crippen LogP contribution in [0.15, 0.2) is 97.6 Å². The van der Waals surface area contributed by atoms with E-state index in [0.29, 0.717) is 0 Å². The molecule has 5 aromatic carbocycles. The normalized spacial score (nSPS) is 11.7. The van der Waals surface area contributed by atoms with Crippen LogP contribution in [0.5, 0.6) is 0 Å². The molecule has 27 heavy (non-hydrogen) atoms. The molecule has 1 heterocycles. The number of benzene rings is 5. The van der Waals surface area contributed by atoms with Gasteiger partial charge < -0.3 is 4.57 Å². The SMILES string of the molecule is c1cc2ccc3cc(-c4ccc(-n5ccnc5)cc4)cc4ccc(c1)c2c34. The molecule has 6 rings (SSSR count). The summed E-state index contributed by atoms with van der Waals surface area (Å²) >= 11 is 0. The minimum Gasteiger partial charge on any atom is -0.306 e. The molecule has 0 spiro atoms. The standard InChI is InChI=1S/C25H16N2/c1-2-18-4-6-20-14-22(15-21-7-5-19(3-1)24(18)25(20)21)17-8-10-23(11-9-17)27-13-12-26-16-27/h1-16H. The van der Waals surface area contributed by atoms with Gasteiger partial charge in [0.2, 0.25) is 0 Å². The summed E-state index contributed by atoms with van der Waals surface area (Å²) in [6, 6.07) is 28.7. The van der Waals surface area contributed by atoms with Crippen LogP contribution in [0.1, 0.15) is 0 Å². The largest absolute Gasteiger partial charge is 0.306 e. The maximum Gasteiger partial charge on any atom is 0.0991 e. The van der Waals surface area contributed by atoms with E-state index in [1.807, 2.05) is 17.1 Å². The van der Waals surface area contributed by atoms with Gasteiger partial charge in [-0.15, -0.1) is 0 Å². The second-order valence-corrected chi connectivity index (χ2v) is 7.02. The summed E-state index contributed by atoms with van der Waals surface area (Å²) in [4.78, 5) is 4.12. The minimum atomic E-state index is 1.12. The molecule has 0 aliphatic rings. The van der Waals surface area contributed by atoms with Crippen LogP contribution in [0.25, 0.3) is 49.1 Å². The van der Waals surface area contributed by atoms with Crippen LogP contribution >= 0.6 is 0 Å². The second kappa shape index (κ2) is 5.42. The number of hydrogen-bond donors (Lipinski definition) is 0. The molecule has 126 valence electrons. The third-order valence-electron chi connectivity index (χ3n) is 5.47. The van der Waals surface area contributed by atoms with Gasteiger partial charge in [-0.3, -0.25) is 0 Å². The Morgan fingerprint density at radius 2 is 1.22 bits per heavy atom. The zero-order chi connectivity index (χ0) is 17.8. The van der Waals surface area contributed by atoms with Crippen molar-refractivity contribution in [3.63, 3.8) is 0 Å². The summed E-state index contributed by atoms with van der Waals surface area (Å²) < 4.78 is 2.02. The van der Waals surface area contributed by atoms with Crippen LogP contribution in [0.4, 0.5) is 0 Å². The monoisotopic (exact) mass is 344 g/mol. The summed E-state index contributed by atoms with van der Waals surface area (Å²) in [5.74, 6) is 0. The Balaban J connectivity index is 1.56. The fourth-order valence-electron chi connectivity index (χ4n) is 4.16. The lowest BCUT2D eigenvalue weighted by Crippen LogP contribution is -1.90. The van der Waals surface area contributed by atoms with Gasteiger partial charge in [0.05, 0.1) is 6.33 Å². The van der Waals surface area contributed by atoms with E-state index < -0.39 is 0 Å². The molecule has 0 saturated heterocycles. The highest BCUT2D eigenvalue weighted by Crippen LogP contribution is 2.37. The predicted octanol–water partition coefficient (Wildman–Crippen LogP) is 6.44. The van der Waals surface area contributed by atoms with E-state index in [4.69, 9.17) is 0 Å². The molecular formula is C25H16N2. The Bertz CT molecular complexity index is 1330. The van der Waals surface area contributed by atoms with Gasteiger partial charge in [0.15, 0.2) is 0 Å². The van der Waals surface area contributed by atoms with Crippen molar-refractivity contribution in [3.8, 4) is 16.8 Å². The number of aromatic nitrogens is 2. The lowest BCUT2D eigenvalue weighted by molar-refractivity contribution is 1.06. The Labute approximate surface area is 156 Å². The van der Waals surface area contributed by atoms with E-state index in [0.717, 1.165) is 5.69 Å². The van der Waals surface area contributed by atoms with Crippen molar-refractivity contribution < 1.29 is 0 Å². The molecule has 6 aromatic rings. The summed E-state index contributed by atoms with van der Waals surface area (Å²) in [7, 11) is 0. The van der Waals surface area contributed by atoms with Crippen LogP contribution in [0.2, 0.25) is 0 Å². The maximum atomic E-state index is 4.12. The molecule has 0 fully saturated rings. The summed E-state index contributed by atoms with van der Waals surface area (Å²) in [6.07, 6.45) is 5.58.